The second-order valence-corrected chi connectivity index (χ2v) is 7.11. The topological polar surface area (TPSA) is 66.0 Å². The summed E-state index contributed by atoms with van der Waals surface area (Å²) in [4.78, 5) is 19.1. The number of carbonyl (C=O) groups is 1. The van der Waals surface area contributed by atoms with Crippen LogP contribution in [0.2, 0.25) is 0 Å². The van der Waals surface area contributed by atoms with Crippen molar-refractivity contribution in [3.05, 3.63) is 54.1 Å². The van der Waals surface area contributed by atoms with Crippen LogP contribution in [0.5, 0.6) is 0 Å². The first-order valence-corrected chi connectivity index (χ1v) is 9.87. The zero-order chi connectivity index (χ0) is 19.2. The lowest BCUT2D eigenvalue weighted by molar-refractivity contribution is -0.115. The number of aliphatic imine (C=N–C) groups is 1. The van der Waals surface area contributed by atoms with E-state index in [0.29, 0.717) is 0 Å². The number of carbonyl (C=O) groups excluding carboxylic acids is 1. The number of para-hydroxylation sites is 1. The number of fused-ring (bicyclic) bond motifs is 1. The average molecular weight is 378 g/mol. The third kappa shape index (κ3) is 4.58. The summed E-state index contributed by atoms with van der Waals surface area (Å²) in [6.45, 7) is 5.82. The maximum atomic E-state index is 12.1. The van der Waals surface area contributed by atoms with Crippen LogP contribution in [0.25, 0.3) is 0 Å². The molecule has 0 radical (unpaired) electrons. The van der Waals surface area contributed by atoms with E-state index in [-0.39, 0.29) is 11.8 Å². The Morgan fingerprint density at radius 1 is 1.14 bits per heavy atom. The van der Waals surface area contributed by atoms with Gasteiger partial charge in [0.05, 0.1) is 18.9 Å². The summed E-state index contributed by atoms with van der Waals surface area (Å²) in [6.07, 6.45) is 2.84. The van der Waals surface area contributed by atoms with E-state index in [1.54, 1.807) is 6.21 Å². The van der Waals surface area contributed by atoms with Gasteiger partial charge in [-0.15, -0.1) is 0 Å². The highest BCUT2D eigenvalue weighted by Gasteiger charge is 2.28. The van der Waals surface area contributed by atoms with Gasteiger partial charge in [-0.05, 0) is 48.9 Å². The molecule has 2 aromatic carbocycles. The van der Waals surface area contributed by atoms with Crippen molar-refractivity contribution in [1.29, 1.82) is 0 Å². The van der Waals surface area contributed by atoms with E-state index in [4.69, 9.17) is 4.74 Å². The van der Waals surface area contributed by atoms with Gasteiger partial charge in [0, 0.05) is 37.2 Å². The van der Waals surface area contributed by atoms with E-state index < -0.39 is 0 Å². The zero-order valence-electron chi connectivity index (χ0n) is 15.9. The lowest BCUT2D eigenvalue weighted by Crippen LogP contribution is -2.37. The van der Waals surface area contributed by atoms with Crippen molar-refractivity contribution in [3.8, 4) is 0 Å². The minimum atomic E-state index is -0.325. The Morgan fingerprint density at radius 2 is 1.93 bits per heavy atom. The molecular formula is C22H26N4O2. The molecule has 1 atom stereocenters. The fraction of sp³-hybridized carbons (Fsp3) is 0.364. The van der Waals surface area contributed by atoms with Crippen LogP contribution in [0.3, 0.4) is 0 Å². The van der Waals surface area contributed by atoms with Gasteiger partial charge in [0.2, 0.25) is 5.91 Å². The molecule has 0 bridgehead atoms. The monoisotopic (exact) mass is 378 g/mol. The van der Waals surface area contributed by atoms with Crippen molar-refractivity contribution in [2.24, 2.45) is 4.99 Å². The third-order valence-electron chi connectivity index (χ3n) is 5.16. The fourth-order valence-electron chi connectivity index (χ4n) is 3.57. The average Bonchev–Trinajstić information content (AvgIpc) is 3.06. The van der Waals surface area contributed by atoms with Crippen LogP contribution in [-0.2, 0) is 9.53 Å². The molecule has 4 rings (SSSR count). The minimum absolute atomic E-state index is 0.0245. The predicted molar refractivity (Wildman–Crippen MR) is 113 cm³/mol. The van der Waals surface area contributed by atoms with Gasteiger partial charge >= 0.3 is 0 Å². The molecule has 6 heteroatoms. The highest BCUT2D eigenvalue weighted by atomic mass is 16.5. The van der Waals surface area contributed by atoms with Crippen LogP contribution in [-0.4, -0.2) is 56.4 Å². The Hall–Kier alpha value is -2.70. The number of ether oxygens (including phenoxy) is 1. The highest BCUT2D eigenvalue weighted by molar-refractivity contribution is 6.12. The number of nitrogens with one attached hydrogen (secondary N) is 2. The van der Waals surface area contributed by atoms with Gasteiger partial charge in [0.15, 0.2) is 0 Å². The predicted octanol–water partition coefficient (Wildman–Crippen LogP) is 3.26. The number of rotatable bonds is 7. The standard InChI is InChI=1S/C22H26N4O2/c27-22-20(19-4-1-2-5-21(19)25-22)16-24-18-8-6-17(7-9-18)23-10-3-11-26-12-14-28-15-13-26/h1-2,4-9,16,20,23H,3,10-15H2,(H,25,27). The second kappa shape index (κ2) is 8.99. The summed E-state index contributed by atoms with van der Waals surface area (Å²) in [7, 11) is 0. The van der Waals surface area contributed by atoms with E-state index in [0.717, 1.165) is 68.4 Å². The Morgan fingerprint density at radius 3 is 2.75 bits per heavy atom. The Kier molecular flexibility index (Phi) is 5.99. The molecule has 2 aliphatic heterocycles. The zero-order valence-corrected chi connectivity index (χ0v) is 15.9. The molecule has 0 saturated carbocycles. The van der Waals surface area contributed by atoms with Crippen LogP contribution in [0.15, 0.2) is 53.5 Å². The molecule has 0 aliphatic carbocycles. The largest absolute Gasteiger partial charge is 0.385 e. The first-order chi connectivity index (χ1) is 13.8. The number of hydrogen-bond donors (Lipinski definition) is 2. The van der Waals surface area contributed by atoms with Gasteiger partial charge in [0.25, 0.3) is 0 Å². The maximum absolute atomic E-state index is 12.1. The second-order valence-electron chi connectivity index (χ2n) is 7.11. The van der Waals surface area contributed by atoms with Gasteiger partial charge in [-0.2, -0.15) is 0 Å². The van der Waals surface area contributed by atoms with Crippen molar-refractivity contribution in [1.82, 2.24) is 4.90 Å². The van der Waals surface area contributed by atoms with Gasteiger partial charge in [-0.25, -0.2) is 0 Å². The molecule has 2 aliphatic rings. The van der Waals surface area contributed by atoms with Crippen LogP contribution >= 0.6 is 0 Å². The lowest BCUT2D eigenvalue weighted by Gasteiger charge is -2.26. The van der Waals surface area contributed by atoms with Crippen LogP contribution in [0.4, 0.5) is 17.1 Å². The van der Waals surface area contributed by atoms with Crippen molar-refractivity contribution in [2.45, 2.75) is 12.3 Å². The number of benzene rings is 2. The van der Waals surface area contributed by atoms with E-state index >= 15 is 0 Å². The fourth-order valence-corrected chi connectivity index (χ4v) is 3.57. The van der Waals surface area contributed by atoms with Crippen molar-refractivity contribution in [3.63, 3.8) is 0 Å². The molecule has 2 aromatic rings. The summed E-state index contributed by atoms with van der Waals surface area (Å²) >= 11 is 0. The Labute approximate surface area is 165 Å². The SMILES string of the molecule is O=C1Nc2ccccc2C1C=Nc1ccc(NCCCN2CCOCC2)cc1. The van der Waals surface area contributed by atoms with Crippen LogP contribution < -0.4 is 10.6 Å². The number of amides is 1. The molecule has 1 unspecified atom stereocenters. The molecule has 1 fully saturated rings. The van der Waals surface area contributed by atoms with Crippen molar-refractivity contribution in [2.75, 3.05) is 50.0 Å². The normalized spacial score (nSPS) is 19.6. The molecule has 1 saturated heterocycles. The summed E-state index contributed by atoms with van der Waals surface area (Å²) in [5.41, 5.74) is 3.79. The smallest absolute Gasteiger partial charge is 0.237 e. The molecule has 28 heavy (non-hydrogen) atoms. The van der Waals surface area contributed by atoms with Crippen molar-refractivity contribution >= 4 is 29.2 Å². The third-order valence-corrected chi connectivity index (χ3v) is 5.16. The first-order valence-electron chi connectivity index (χ1n) is 9.87. The van der Waals surface area contributed by atoms with Gasteiger partial charge < -0.3 is 15.4 Å². The molecule has 1 amide bonds. The van der Waals surface area contributed by atoms with E-state index in [2.05, 4.69) is 20.5 Å². The minimum Gasteiger partial charge on any atom is -0.385 e. The van der Waals surface area contributed by atoms with Crippen LogP contribution in [0, 0.1) is 0 Å². The molecular weight excluding hydrogens is 352 g/mol. The molecule has 0 aromatic heterocycles. The quantitative estimate of drug-likeness (QED) is 0.573. The number of hydrogen-bond acceptors (Lipinski definition) is 5. The van der Waals surface area contributed by atoms with Gasteiger partial charge in [-0.3, -0.25) is 14.7 Å². The Balaban J connectivity index is 1.26. The van der Waals surface area contributed by atoms with Crippen molar-refractivity contribution < 1.29 is 9.53 Å². The summed E-state index contributed by atoms with van der Waals surface area (Å²) in [5.74, 6) is -0.349. The summed E-state index contributed by atoms with van der Waals surface area (Å²) in [5, 5.41) is 6.35. The molecule has 2 heterocycles. The maximum Gasteiger partial charge on any atom is 0.237 e. The number of morpholine rings is 1. The molecule has 146 valence electrons. The number of anilines is 2. The summed E-state index contributed by atoms with van der Waals surface area (Å²) < 4.78 is 5.37. The lowest BCUT2D eigenvalue weighted by atomic mass is 10.0. The van der Waals surface area contributed by atoms with Crippen LogP contribution in [0.1, 0.15) is 17.9 Å². The first kappa shape index (κ1) is 18.7. The van der Waals surface area contributed by atoms with Gasteiger partial charge in [-0.1, -0.05) is 18.2 Å². The highest BCUT2D eigenvalue weighted by Crippen LogP contribution is 2.31. The molecule has 2 N–H and O–H groups in total. The van der Waals surface area contributed by atoms with E-state index in [1.807, 2.05) is 48.5 Å². The number of nitrogens with zero attached hydrogens (tertiary/aromatic N) is 2. The Bertz CT molecular complexity index is 829. The molecule has 6 nitrogen and oxygen atoms in total. The van der Waals surface area contributed by atoms with E-state index in [1.165, 1.54) is 0 Å². The summed E-state index contributed by atoms with van der Waals surface area (Å²) in [6, 6.07) is 15.8. The van der Waals surface area contributed by atoms with E-state index in [9.17, 15) is 4.79 Å². The van der Waals surface area contributed by atoms with Gasteiger partial charge in [0.1, 0.15) is 5.92 Å². The molecule has 0 spiro atoms.